The van der Waals surface area contributed by atoms with Gasteiger partial charge in [-0.1, -0.05) is 41.1 Å². The molecule has 164 valence electrons. The number of rotatable bonds is 9. The normalized spacial score (nSPS) is 11.3. The number of nitrogens with zero attached hydrogens (tertiary/aromatic N) is 3. The summed E-state index contributed by atoms with van der Waals surface area (Å²) >= 11 is 0. The molecule has 1 heterocycles. The summed E-state index contributed by atoms with van der Waals surface area (Å²) in [4.78, 5) is 16.5. The van der Waals surface area contributed by atoms with Crippen molar-refractivity contribution in [2.24, 2.45) is 0 Å². The number of hydrogen-bond acceptors (Lipinski definition) is 6. The Bertz CT molecular complexity index is 1160. The van der Waals surface area contributed by atoms with Crippen LogP contribution in [0.4, 0.5) is 5.69 Å². The first-order valence-corrected chi connectivity index (χ1v) is 11.8. The van der Waals surface area contributed by atoms with Gasteiger partial charge in [-0.2, -0.15) is 4.98 Å². The lowest BCUT2D eigenvalue weighted by Gasteiger charge is -2.22. The van der Waals surface area contributed by atoms with Gasteiger partial charge in [0.2, 0.25) is 27.6 Å². The van der Waals surface area contributed by atoms with Crippen molar-refractivity contribution in [1.82, 2.24) is 15.5 Å². The van der Waals surface area contributed by atoms with Crippen molar-refractivity contribution < 1.29 is 17.7 Å². The molecule has 0 atom stereocenters. The summed E-state index contributed by atoms with van der Waals surface area (Å²) in [5.41, 5.74) is 3.50. The number of aromatic nitrogens is 2. The van der Waals surface area contributed by atoms with Crippen LogP contribution in [0.1, 0.15) is 29.9 Å². The maximum absolute atomic E-state index is 12.2. The van der Waals surface area contributed by atoms with Gasteiger partial charge in [0.05, 0.1) is 18.5 Å². The van der Waals surface area contributed by atoms with E-state index in [2.05, 4.69) is 15.5 Å². The van der Waals surface area contributed by atoms with E-state index in [1.165, 1.54) is 4.31 Å². The number of nitrogens with one attached hydrogen (secondary N) is 1. The lowest BCUT2D eigenvalue weighted by atomic mass is 10.1. The first-order chi connectivity index (χ1) is 14.7. The molecule has 9 heteroatoms. The fourth-order valence-electron chi connectivity index (χ4n) is 3.14. The molecule has 3 aromatic rings. The molecule has 0 unspecified atom stereocenters. The first-order valence-electron chi connectivity index (χ1n) is 9.93. The van der Waals surface area contributed by atoms with Gasteiger partial charge < -0.3 is 9.84 Å². The standard InChI is InChI=1S/C22H26N4O4S/c1-16-7-4-9-18(13-16)22-24-21(30-25-22)15-23-20(27)11-6-12-26(31(3,28)29)19-10-5-8-17(2)14-19/h4-5,7-10,13-14H,6,11-12,15H2,1-3H3,(H,23,27). The summed E-state index contributed by atoms with van der Waals surface area (Å²) < 4.78 is 30.9. The van der Waals surface area contributed by atoms with Crippen LogP contribution in [0.15, 0.2) is 53.1 Å². The number of hydrogen-bond donors (Lipinski definition) is 1. The number of benzene rings is 2. The molecule has 31 heavy (non-hydrogen) atoms. The summed E-state index contributed by atoms with van der Waals surface area (Å²) in [6, 6.07) is 15.0. The van der Waals surface area contributed by atoms with Gasteiger partial charge in [-0.25, -0.2) is 8.42 Å². The molecule has 0 spiro atoms. The summed E-state index contributed by atoms with van der Waals surface area (Å²) in [5, 5.41) is 6.68. The number of carbonyl (C=O) groups excluding carboxylic acids is 1. The first kappa shape index (κ1) is 22.5. The van der Waals surface area contributed by atoms with Crippen molar-refractivity contribution in [3.63, 3.8) is 0 Å². The van der Waals surface area contributed by atoms with Crippen LogP contribution >= 0.6 is 0 Å². The Kier molecular flexibility index (Phi) is 7.06. The monoisotopic (exact) mass is 442 g/mol. The highest BCUT2D eigenvalue weighted by atomic mass is 32.2. The second-order valence-electron chi connectivity index (χ2n) is 7.44. The number of aryl methyl sites for hydroxylation is 2. The number of carbonyl (C=O) groups is 1. The van der Waals surface area contributed by atoms with E-state index in [9.17, 15) is 13.2 Å². The average Bonchev–Trinajstić information content (AvgIpc) is 3.18. The van der Waals surface area contributed by atoms with E-state index in [1.807, 2.05) is 56.3 Å². The summed E-state index contributed by atoms with van der Waals surface area (Å²) in [5.74, 6) is 0.560. The van der Waals surface area contributed by atoms with Gasteiger partial charge >= 0.3 is 0 Å². The molecule has 8 nitrogen and oxygen atoms in total. The van der Waals surface area contributed by atoms with Gasteiger partial charge in [-0.05, 0) is 44.0 Å². The largest absolute Gasteiger partial charge is 0.347 e. The molecular weight excluding hydrogens is 416 g/mol. The van der Waals surface area contributed by atoms with E-state index in [-0.39, 0.29) is 25.4 Å². The van der Waals surface area contributed by atoms with E-state index >= 15 is 0 Å². The van der Waals surface area contributed by atoms with Crippen LogP contribution in [-0.4, -0.2) is 37.3 Å². The number of sulfonamides is 1. The Morgan fingerprint density at radius 1 is 1.10 bits per heavy atom. The van der Waals surface area contributed by atoms with Gasteiger partial charge in [-0.3, -0.25) is 9.10 Å². The van der Waals surface area contributed by atoms with E-state index in [0.29, 0.717) is 23.8 Å². The molecule has 0 saturated carbocycles. The summed E-state index contributed by atoms with van der Waals surface area (Å²) in [6.07, 6.45) is 1.72. The maximum Gasteiger partial charge on any atom is 0.246 e. The second kappa shape index (κ2) is 9.74. The zero-order valence-electron chi connectivity index (χ0n) is 17.8. The van der Waals surface area contributed by atoms with E-state index in [1.54, 1.807) is 6.07 Å². The zero-order valence-corrected chi connectivity index (χ0v) is 18.6. The van der Waals surface area contributed by atoms with Crippen molar-refractivity contribution in [2.45, 2.75) is 33.2 Å². The topological polar surface area (TPSA) is 105 Å². The molecule has 0 aliphatic heterocycles. The SMILES string of the molecule is Cc1cccc(-c2noc(CNC(=O)CCCN(c3cccc(C)c3)S(C)(=O)=O)n2)c1. The molecule has 1 aromatic heterocycles. The Morgan fingerprint density at radius 3 is 2.48 bits per heavy atom. The highest BCUT2D eigenvalue weighted by molar-refractivity contribution is 7.92. The molecular formula is C22H26N4O4S. The zero-order chi connectivity index (χ0) is 22.4. The Balaban J connectivity index is 1.51. The number of anilines is 1. The van der Waals surface area contributed by atoms with Crippen LogP contribution < -0.4 is 9.62 Å². The molecule has 0 radical (unpaired) electrons. The third kappa shape index (κ3) is 6.39. The fourth-order valence-corrected chi connectivity index (χ4v) is 4.10. The predicted molar refractivity (Wildman–Crippen MR) is 119 cm³/mol. The lowest BCUT2D eigenvalue weighted by molar-refractivity contribution is -0.121. The molecule has 2 aromatic carbocycles. The van der Waals surface area contributed by atoms with Crippen LogP contribution in [0.3, 0.4) is 0 Å². The third-order valence-corrected chi connectivity index (χ3v) is 5.83. The summed E-state index contributed by atoms with van der Waals surface area (Å²) in [6.45, 7) is 4.22. The molecule has 0 saturated heterocycles. The Labute approximate surface area is 182 Å². The average molecular weight is 443 g/mol. The Hall–Kier alpha value is -3.20. The van der Waals surface area contributed by atoms with Crippen molar-refractivity contribution >= 4 is 21.6 Å². The van der Waals surface area contributed by atoms with E-state index in [0.717, 1.165) is 22.9 Å². The van der Waals surface area contributed by atoms with Crippen LogP contribution in [0.25, 0.3) is 11.4 Å². The molecule has 0 aliphatic rings. The molecule has 0 bridgehead atoms. The molecule has 1 N–H and O–H groups in total. The van der Waals surface area contributed by atoms with Crippen LogP contribution in [-0.2, 0) is 21.4 Å². The number of amides is 1. The van der Waals surface area contributed by atoms with Gasteiger partial charge in [0, 0.05) is 18.5 Å². The van der Waals surface area contributed by atoms with Crippen molar-refractivity contribution in [2.75, 3.05) is 17.1 Å². The molecule has 3 rings (SSSR count). The Morgan fingerprint density at radius 2 is 1.81 bits per heavy atom. The molecule has 0 fully saturated rings. The fraction of sp³-hybridized carbons (Fsp3) is 0.318. The maximum atomic E-state index is 12.2. The highest BCUT2D eigenvalue weighted by Gasteiger charge is 2.18. The van der Waals surface area contributed by atoms with Gasteiger partial charge in [-0.15, -0.1) is 0 Å². The smallest absolute Gasteiger partial charge is 0.246 e. The summed E-state index contributed by atoms with van der Waals surface area (Å²) in [7, 11) is -3.45. The van der Waals surface area contributed by atoms with E-state index in [4.69, 9.17) is 4.52 Å². The van der Waals surface area contributed by atoms with Gasteiger partial charge in [0.1, 0.15) is 0 Å². The molecule has 1 amide bonds. The lowest BCUT2D eigenvalue weighted by Crippen LogP contribution is -2.32. The minimum absolute atomic E-state index is 0.116. The highest BCUT2D eigenvalue weighted by Crippen LogP contribution is 2.20. The van der Waals surface area contributed by atoms with E-state index < -0.39 is 10.0 Å². The van der Waals surface area contributed by atoms with Crippen molar-refractivity contribution in [3.05, 3.63) is 65.5 Å². The van der Waals surface area contributed by atoms with Crippen molar-refractivity contribution in [1.29, 1.82) is 0 Å². The quantitative estimate of drug-likeness (QED) is 0.545. The van der Waals surface area contributed by atoms with Crippen LogP contribution in [0.5, 0.6) is 0 Å². The predicted octanol–water partition coefficient (Wildman–Crippen LogP) is 3.22. The minimum atomic E-state index is -3.45. The van der Waals surface area contributed by atoms with Gasteiger partial charge in [0.15, 0.2) is 0 Å². The second-order valence-corrected chi connectivity index (χ2v) is 9.34. The molecule has 0 aliphatic carbocycles. The van der Waals surface area contributed by atoms with Gasteiger partial charge in [0.25, 0.3) is 0 Å². The van der Waals surface area contributed by atoms with Crippen LogP contribution in [0.2, 0.25) is 0 Å². The minimum Gasteiger partial charge on any atom is -0.347 e. The third-order valence-electron chi connectivity index (χ3n) is 4.64. The van der Waals surface area contributed by atoms with Crippen LogP contribution in [0, 0.1) is 13.8 Å². The van der Waals surface area contributed by atoms with Crippen molar-refractivity contribution in [3.8, 4) is 11.4 Å².